The maximum Gasteiger partial charge on any atom is 0.336 e. The SMILES string of the molecule is CCCCC(OC)(c1cc(N)c(Cl)cc1C(=O)O)C1CCCNC1.Cl. The number of nitrogen functional groups attached to an aromatic ring is 1. The number of unbranched alkanes of at least 4 members (excludes halogenated alkanes) is 1. The fourth-order valence-electron chi connectivity index (χ4n) is 3.74. The quantitative estimate of drug-likeness (QED) is 0.610. The second-order valence-electron chi connectivity index (χ2n) is 6.46. The number of carboxylic acids is 1. The van der Waals surface area contributed by atoms with E-state index in [-0.39, 0.29) is 28.9 Å². The molecular formula is C18H28Cl2N2O3. The molecule has 0 aromatic heterocycles. The van der Waals surface area contributed by atoms with Crippen molar-refractivity contribution in [3.8, 4) is 0 Å². The minimum absolute atomic E-state index is 0. The molecule has 0 spiro atoms. The summed E-state index contributed by atoms with van der Waals surface area (Å²) in [5.74, 6) is -0.810. The molecule has 1 aromatic rings. The highest BCUT2D eigenvalue weighted by Crippen LogP contribution is 2.44. The number of rotatable bonds is 7. The average molecular weight is 391 g/mol. The largest absolute Gasteiger partial charge is 0.478 e. The van der Waals surface area contributed by atoms with Crippen molar-refractivity contribution in [3.05, 3.63) is 28.3 Å². The van der Waals surface area contributed by atoms with Crippen molar-refractivity contribution in [2.24, 2.45) is 5.92 Å². The highest BCUT2D eigenvalue weighted by atomic mass is 35.5. The number of nitrogens with two attached hydrogens (primary N) is 1. The smallest absolute Gasteiger partial charge is 0.336 e. The van der Waals surface area contributed by atoms with Crippen LogP contribution in [0.2, 0.25) is 5.02 Å². The highest BCUT2D eigenvalue weighted by molar-refractivity contribution is 6.33. The first-order chi connectivity index (χ1) is 11.5. The van der Waals surface area contributed by atoms with Crippen LogP contribution >= 0.6 is 24.0 Å². The number of piperidine rings is 1. The number of ether oxygens (including phenoxy) is 1. The first-order valence-electron chi connectivity index (χ1n) is 8.55. The Bertz CT molecular complexity index is 592. The lowest BCUT2D eigenvalue weighted by molar-refractivity contribution is -0.0797. The van der Waals surface area contributed by atoms with E-state index in [1.807, 2.05) is 0 Å². The fraction of sp³-hybridized carbons (Fsp3) is 0.611. The predicted octanol–water partition coefficient (Wildman–Crippen LogP) is 4.07. The molecule has 2 unspecified atom stereocenters. The number of anilines is 1. The Hall–Kier alpha value is -1.01. The molecule has 7 heteroatoms. The molecule has 1 aromatic carbocycles. The molecule has 0 saturated carbocycles. The van der Waals surface area contributed by atoms with Crippen molar-refractivity contribution in [2.75, 3.05) is 25.9 Å². The van der Waals surface area contributed by atoms with Crippen LogP contribution in [0, 0.1) is 5.92 Å². The van der Waals surface area contributed by atoms with Crippen molar-refractivity contribution in [1.29, 1.82) is 0 Å². The number of hydrogen-bond acceptors (Lipinski definition) is 4. The zero-order valence-corrected chi connectivity index (χ0v) is 16.4. The van der Waals surface area contributed by atoms with Gasteiger partial charge in [0.15, 0.2) is 0 Å². The Morgan fingerprint density at radius 2 is 2.24 bits per heavy atom. The monoisotopic (exact) mass is 390 g/mol. The van der Waals surface area contributed by atoms with E-state index in [0.717, 1.165) is 45.2 Å². The van der Waals surface area contributed by atoms with E-state index >= 15 is 0 Å². The van der Waals surface area contributed by atoms with Gasteiger partial charge in [0.25, 0.3) is 0 Å². The molecule has 0 aliphatic carbocycles. The van der Waals surface area contributed by atoms with E-state index in [1.54, 1.807) is 13.2 Å². The summed E-state index contributed by atoms with van der Waals surface area (Å²) >= 11 is 6.07. The number of carbonyl (C=O) groups is 1. The van der Waals surface area contributed by atoms with Gasteiger partial charge in [-0.1, -0.05) is 31.4 Å². The van der Waals surface area contributed by atoms with Crippen LogP contribution < -0.4 is 11.1 Å². The van der Waals surface area contributed by atoms with E-state index in [0.29, 0.717) is 11.3 Å². The molecule has 142 valence electrons. The fourth-order valence-corrected chi connectivity index (χ4v) is 3.91. The molecule has 1 saturated heterocycles. The number of hydrogen-bond donors (Lipinski definition) is 3. The van der Waals surface area contributed by atoms with E-state index < -0.39 is 11.6 Å². The maximum absolute atomic E-state index is 11.8. The van der Waals surface area contributed by atoms with Crippen molar-refractivity contribution >= 4 is 35.7 Å². The van der Waals surface area contributed by atoms with Gasteiger partial charge in [-0.05, 0) is 37.9 Å². The summed E-state index contributed by atoms with van der Waals surface area (Å²) in [6.45, 7) is 3.91. The zero-order chi connectivity index (χ0) is 17.7. The van der Waals surface area contributed by atoms with Crippen LogP contribution in [0.5, 0.6) is 0 Å². The van der Waals surface area contributed by atoms with Crippen molar-refractivity contribution in [2.45, 2.75) is 44.6 Å². The number of aromatic carboxylic acids is 1. The van der Waals surface area contributed by atoms with Gasteiger partial charge in [0, 0.05) is 25.1 Å². The summed E-state index contributed by atoms with van der Waals surface area (Å²) in [6, 6.07) is 3.14. The molecule has 0 bridgehead atoms. The van der Waals surface area contributed by atoms with Crippen molar-refractivity contribution in [1.82, 2.24) is 5.32 Å². The lowest BCUT2D eigenvalue weighted by Gasteiger charge is -2.43. The Kier molecular flexibility index (Phi) is 8.48. The summed E-state index contributed by atoms with van der Waals surface area (Å²) in [7, 11) is 1.67. The van der Waals surface area contributed by atoms with Gasteiger partial charge < -0.3 is 20.9 Å². The normalized spacial score (nSPS) is 19.7. The van der Waals surface area contributed by atoms with Gasteiger partial charge in [-0.15, -0.1) is 12.4 Å². The minimum Gasteiger partial charge on any atom is -0.478 e. The Morgan fingerprint density at radius 3 is 2.76 bits per heavy atom. The summed E-state index contributed by atoms with van der Waals surface area (Å²) in [4.78, 5) is 11.8. The predicted molar refractivity (Wildman–Crippen MR) is 104 cm³/mol. The van der Waals surface area contributed by atoms with Gasteiger partial charge in [0.05, 0.1) is 21.9 Å². The molecule has 0 amide bonds. The van der Waals surface area contributed by atoms with E-state index in [4.69, 9.17) is 22.1 Å². The van der Waals surface area contributed by atoms with Crippen molar-refractivity contribution in [3.63, 3.8) is 0 Å². The Morgan fingerprint density at radius 1 is 1.52 bits per heavy atom. The molecule has 5 nitrogen and oxygen atoms in total. The summed E-state index contributed by atoms with van der Waals surface area (Å²) in [6.07, 6.45) is 4.76. The lowest BCUT2D eigenvalue weighted by atomic mass is 9.72. The van der Waals surface area contributed by atoms with E-state index in [2.05, 4.69) is 12.2 Å². The number of methoxy groups -OCH3 is 1. The first kappa shape index (κ1) is 22.0. The topological polar surface area (TPSA) is 84.6 Å². The standard InChI is InChI=1S/C18H27ClN2O3.ClH/c1-3-4-7-18(24-2,12-6-5-8-21-11-12)14-10-16(20)15(19)9-13(14)17(22)23;/h9-10,12,21H,3-8,11,20H2,1-2H3,(H,22,23);1H. The third-order valence-corrected chi connectivity index (χ3v) is 5.37. The van der Waals surface area contributed by atoms with Gasteiger partial charge in [-0.2, -0.15) is 0 Å². The van der Waals surface area contributed by atoms with Gasteiger partial charge in [0.1, 0.15) is 0 Å². The van der Waals surface area contributed by atoms with Crippen LogP contribution in [-0.4, -0.2) is 31.3 Å². The first-order valence-corrected chi connectivity index (χ1v) is 8.92. The molecule has 1 fully saturated rings. The van der Waals surface area contributed by atoms with E-state index in [1.165, 1.54) is 6.07 Å². The summed E-state index contributed by atoms with van der Waals surface area (Å²) in [5.41, 5.74) is 6.54. The Balaban J connectivity index is 0.00000312. The van der Waals surface area contributed by atoms with Crippen molar-refractivity contribution < 1.29 is 14.6 Å². The number of carboxylic acid groups (broad SMARTS) is 1. The van der Waals surface area contributed by atoms with Crippen LogP contribution in [-0.2, 0) is 10.3 Å². The zero-order valence-electron chi connectivity index (χ0n) is 14.8. The molecule has 0 radical (unpaired) electrons. The highest BCUT2D eigenvalue weighted by Gasteiger charge is 2.43. The number of benzene rings is 1. The second-order valence-corrected chi connectivity index (χ2v) is 6.87. The minimum atomic E-state index is -1.01. The molecule has 2 atom stereocenters. The van der Waals surface area contributed by atoms with Crippen LogP contribution in [0.25, 0.3) is 0 Å². The third kappa shape index (κ3) is 4.59. The van der Waals surface area contributed by atoms with Gasteiger partial charge in [-0.25, -0.2) is 4.79 Å². The van der Waals surface area contributed by atoms with E-state index in [9.17, 15) is 9.90 Å². The molecule has 25 heavy (non-hydrogen) atoms. The second kappa shape index (κ2) is 9.62. The molecular weight excluding hydrogens is 363 g/mol. The van der Waals surface area contributed by atoms with Crippen LogP contribution in [0.1, 0.15) is 54.9 Å². The third-order valence-electron chi connectivity index (χ3n) is 5.05. The average Bonchev–Trinajstić information content (AvgIpc) is 2.59. The molecule has 4 N–H and O–H groups in total. The number of halogens is 2. The maximum atomic E-state index is 11.8. The van der Waals surface area contributed by atoms with Gasteiger partial charge >= 0.3 is 5.97 Å². The number of nitrogens with one attached hydrogen (secondary N) is 1. The molecule has 1 aliphatic rings. The van der Waals surface area contributed by atoms with Gasteiger partial charge in [-0.3, -0.25) is 0 Å². The summed E-state index contributed by atoms with van der Waals surface area (Å²) < 4.78 is 6.05. The molecule has 1 heterocycles. The summed E-state index contributed by atoms with van der Waals surface area (Å²) in [5, 5.41) is 13.4. The van der Waals surface area contributed by atoms with Crippen LogP contribution in [0.4, 0.5) is 5.69 Å². The van der Waals surface area contributed by atoms with Crippen LogP contribution in [0.3, 0.4) is 0 Å². The molecule has 2 rings (SSSR count). The molecule has 1 aliphatic heterocycles. The van der Waals surface area contributed by atoms with Crippen LogP contribution in [0.15, 0.2) is 12.1 Å². The Labute approximate surface area is 160 Å². The lowest BCUT2D eigenvalue weighted by Crippen LogP contribution is -2.46. The van der Waals surface area contributed by atoms with Gasteiger partial charge in [0.2, 0.25) is 0 Å².